The van der Waals surface area contributed by atoms with Crippen LogP contribution in [0.25, 0.3) is 0 Å². The van der Waals surface area contributed by atoms with Crippen LogP contribution in [0.4, 0.5) is 0 Å². The first-order valence-electron chi connectivity index (χ1n) is 7.47. The molecular weight excluding hydrogens is 332 g/mol. The van der Waals surface area contributed by atoms with Crippen LogP contribution in [-0.2, 0) is 21.4 Å². The highest BCUT2D eigenvalue weighted by atomic mass is 32.2. The molecule has 1 atom stereocenters. The lowest BCUT2D eigenvalue weighted by Crippen LogP contribution is -2.35. The molecular formula is C15H18N4O4S. The summed E-state index contributed by atoms with van der Waals surface area (Å²) in [6, 6.07) is 6.68. The summed E-state index contributed by atoms with van der Waals surface area (Å²) in [5.41, 5.74) is -0.458. The Morgan fingerprint density at radius 3 is 2.75 bits per heavy atom. The van der Waals surface area contributed by atoms with Gasteiger partial charge in [-0.3, -0.25) is 4.79 Å². The summed E-state index contributed by atoms with van der Waals surface area (Å²) in [7, 11) is -3.77. The summed E-state index contributed by atoms with van der Waals surface area (Å²) in [6.45, 7) is 2.02. The van der Waals surface area contributed by atoms with Crippen molar-refractivity contribution in [1.82, 2.24) is 19.1 Å². The number of benzene rings is 1. The second-order valence-electron chi connectivity index (χ2n) is 6.16. The summed E-state index contributed by atoms with van der Waals surface area (Å²) in [5, 5.41) is 13.3. The predicted molar refractivity (Wildman–Crippen MR) is 84.7 cm³/mol. The van der Waals surface area contributed by atoms with Crippen LogP contribution in [0.5, 0.6) is 0 Å². The van der Waals surface area contributed by atoms with Crippen molar-refractivity contribution in [3.8, 4) is 0 Å². The quantitative estimate of drug-likeness (QED) is 0.855. The molecule has 1 saturated heterocycles. The van der Waals surface area contributed by atoms with Crippen molar-refractivity contribution in [2.24, 2.45) is 5.41 Å². The van der Waals surface area contributed by atoms with E-state index in [0.717, 1.165) is 0 Å². The maximum Gasteiger partial charge on any atom is 0.310 e. The van der Waals surface area contributed by atoms with Gasteiger partial charge in [-0.05, 0) is 25.0 Å². The van der Waals surface area contributed by atoms with Gasteiger partial charge >= 0.3 is 5.97 Å². The van der Waals surface area contributed by atoms with Crippen LogP contribution in [-0.4, -0.2) is 51.7 Å². The highest BCUT2D eigenvalue weighted by molar-refractivity contribution is 7.89. The Hall–Kier alpha value is -2.26. The molecule has 0 amide bonds. The van der Waals surface area contributed by atoms with Crippen LogP contribution in [0.1, 0.15) is 18.9 Å². The van der Waals surface area contributed by atoms with Crippen LogP contribution in [0.15, 0.2) is 41.8 Å². The van der Waals surface area contributed by atoms with Crippen LogP contribution in [0, 0.1) is 5.41 Å². The summed E-state index contributed by atoms with van der Waals surface area (Å²) in [6.07, 6.45) is 3.20. The molecule has 1 aliphatic heterocycles. The van der Waals surface area contributed by atoms with Gasteiger partial charge in [0.1, 0.15) is 12.7 Å². The molecule has 1 fully saturated rings. The van der Waals surface area contributed by atoms with Crippen molar-refractivity contribution in [3.05, 3.63) is 42.5 Å². The molecule has 0 saturated carbocycles. The van der Waals surface area contributed by atoms with Crippen LogP contribution >= 0.6 is 0 Å². The lowest BCUT2D eigenvalue weighted by Gasteiger charge is -2.21. The topological polar surface area (TPSA) is 105 Å². The van der Waals surface area contributed by atoms with E-state index in [9.17, 15) is 18.3 Å². The molecule has 1 N–H and O–H groups in total. The molecule has 1 unspecified atom stereocenters. The maximum absolute atomic E-state index is 13.0. The number of carboxylic acid groups (broad SMARTS) is 1. The monoisotopic (exact) mass is 350 g/mol. The summed E-state index contributed by atoms with van der Waals surface area (Å²) in [4.78, 5) is 15.4. The number of hydrogen-bond acceptors (Lipinski definition) is 5. The molecule has 3 rings (SSSR count). The fourth-order valence-corrected chi connectivity index (χ4v) is 4.59. The fourth-order valence-electron chi connectivity index (χ4n) is 2.81. The van der Waals surface area contributed by atoms with E-state index in [1.54, 1.807) is 29.8 Å². The smallest absolute Gasteiger partial charge is 0.310 e. The zero-order valence-corrected chi connectivity index (χ0v) is 14.0. The molecule has 2 aromatic rings. The van der Waals surface area contributed by atoms with Gasteiger partial charge < -0.3 is 5.11 Å². The van der Waals surface area contributed by atoms with E-state index in [1.165, 1.54) is 23.0 Å². The highest BCUT2D eigenvalue weighted by Gasteiger charge is 2.45. The van der Waals surface area contributed by atoms with Crippen molar-refractivity contribution in [3.63, 3.8) is 0 Å². The molecule has 2 heterocycles. The number of sulfonamides is 1. The van der Waals surface area contributed by atoms with E-state index in [0.29, 0.717) is 12.0 Å². The average molecular weight is 350 g/mol. The van der Waals surface area contributed by atoms with Gasteiger partial charge in [0.2, 0.25) is 10.0 Å². The minimum absolute atomic E-state index is 0.0255. The number of aromatic nitrogens is 3. The fraction of sp³-hybridized carbons (Fsp3) is 0.400. The molecule has 128 valence electrons. The van der Waals surface area contributed by atoms with Gasteiger partial charge in [0.15, 0.2) is 0 Å². The Labute approximate surface area is 139 Å². The van der Waals surface area contributed by atoms with E-state index >= 15 is 0 Å². The maximum atomic E-state index is 13.0. The summed E-state index contributed by atoms with van der Waals surface area (Å²) in [5.74, 6) is -0.976. The molecule has 0 radical (unpaired) electrons. The molecule has 0 aliphatic carbocycles. The van der Waals surface area contributed by atoms with E-state index < -0.39 is 21.4 Å². The van der Waals surface area contributed by atoms with Gasteiger partial charge in [-0.1, -0.05) is 18.2 Å². The number of nitrogens with zero attached hydrogens (tertiary/aromatic N) is 4. The Kier molecular flexibility index (Phi) is 4.14. The van der Waals surface area contributed by atoms with Gasteiger partial charge in [0.05, 0.1) is 16.9 Å². The Balaban J connectivity index is 1.92. The average Bonchev–Trinajstić information content (AvgIpc) is 3.18. The number of hydrogen-bond donors (Lipinski definition) is 1. The predicted octanol–water partition coefficient (Wildman–Crippen LogP) is 0.812. The van der Waals surface area contributed by atoms with E-state index in [4.69, 9.17) is 0 Å². The van der Waals surface area contributed by atoms with Crippen molar-refractivity contribution >= 4 is 16.0 Å². The Bertz CT molecular complexity index is 850. The molecule has 0 bridgehead atoms. The van der Waals surface area contributed by atoms with E-state index in [2.05, 4.69) is 10.1 Å². The van der Waals surface area contributed by atoms with Gasteiger partial charge in [0, 0.05) is 13.1 Å². The zero-order valence-electron chi connectivity index (χ0n) is 13.2. The van der Waals surface area contributed by atoms with Crippen molar-refractivity contribution < 1.29 is 18.3 Å². The minimum atomic E-state index is -3.77. The van der Waals surface area contributed by atoms with Crippen LogP contribution < -0.4 is 0 Å². The number of rotatable bonds is 5. The first-order chi connectivity index (χ1) is 11.3. The minimum Gasteiger partial charge on any atom is -0.481 e. The third-order valence-electron chi connectivity index (χ3n) is 4.34. The lowest BCUT2D eigenvalue weighted by atomic mass is 9.90. The second kappa shape index (κ2) is 5.99. The van der Waals surface area contributed by atoms with Gasteiger partial charge in [-0.15, -0.1) is 0 Å². The normalized spacial score (nSPS) is 21.9. The van der Waals surface area contributed by atoms with Gasteiger partial charge in [0.25, 0.3) is 0 Å². The number of aliphatic carboxylic acids is 1. The molecule has 8 nitrogen and oxygen atoms in total. The molecule has 24 heavy (non-hydrogen) atoms. The number of carbonyl (C=O) groups is 1. The second-order valence-corrected chi connectivity index (χ2v) is 8.06. The molecule has 1 aliphatic rings. The van der Waals surface area contributed by atoms with Gasteiger partial charge in [-0.25, -0.2) is 18.1 Å². The molecule has 1 aromatic heterocycles. The zero-order chi connectivity index (χ0) is 17.4. The standard InChI is InChI=1S/C15H18N4O4S/c1-15(14(20)21)6-7-19(9-15)24(22,23)13-5-3-2-4-12(13)8-18-11-16-10-17-18/h2-5,10-11H,6-9H2,1H3,(H,20,21). The molecule has 0 spiro atoms. The number of carboxylic acids is 1. The van der Waals surface area contributed by atoms with Crippen LogP contribution in [0.2, 0.25) is 0 Å². The van der Waals surface area contributed by atoms with E-state index in [-0.39, 0.29) is 24.5 Å². The Morgan fingerprint density at radius 2 is 2.12 bits per heavy atom. The third-order valence-corrected chi connectivity index (χ3v) is 6.29. The largest absolute Gasteiger partial charge is 0.481 e. The van der Waals surface area contributed by atoms with Crippen molar-refractivity contribution in [1.29, 1.82) is 0 Å². The van der Waals surface area contributed by atoms with Gasteiger partial charge in [-0.2, -0.15) is 9.40 Å². The first-order valence-corrected chi connectivity index (χ1v) is 8.91. The first kappa shape index (κ1) is 16.6. The molecule has 1 aromatic carbocycles. The van der Waals surface area contributed by atoms with Crippen LogP contribution in [0.3, 0.4) is 0 Å². The third kappa shape index (κ3) is 2.92. The summed E-state index contributed by atoms with van der Waals surface area (Å²) >= 11 is 0. The lowest BCUT2D eigenvalue weighted by molar-refractivity contribution is -0.146. The van der Waals surface area contributed by atoms with E-state index in [1.807, 2.05) is 0 Å². The summed E-state index contributed by atoms with van der Waals surface area (Å²) < 4.78 is 28.8. The highest BCUT2D eigenvalue weighted by Crippen LogP contribution is 2.34. The SMILES string of the molecule is CC1(C(=O)O)CCN(S(=O)(=O)c2ccccc2Cn2cncn2)C1. The molecule has 9 heteroatoms. The van der Waals surface area contributed by atoms with Crippen molar-refractivity contribution in [2.45, 2.75) is 24.8 Å². The Morgan fingerprint density at radius 1 is 1.38 bits per heavy atom. The van der Waals surface area contributed by atoms with Crippen molar-refractivity contribution in [2.75, 3.05) is 13.1 Å².